The molecule has 1 aromatic carbocycles. The van der Waals surface area contributed by atoms with Crippen molar-refractivity contribution < 1.29 is 9.84 Å². The van der Waals surface area contributed by atoms with Crippen LogP contribution >= 0.6 is 0 Å². The van der Waals surface area contributed by atoms with Crippen molar-refractivity contribution in [2.45, 2.75) is 33.2 Å². The molecule has 1 N–H and O–H groups in total. The van der Waals surface area contributed by atoms with Gasteiger partial charge in [-0.3, -0.25) is 0 Å². The highest BCUT2D eigenvalue weighted by Gasteiger charge is 2.42. The van der Waals surface area contributed by atoms with Gasteiger partial charge >= 0.3 is 0 Å². The van der Waals surface area contributed by atoms with Crippen molar-refractivity contribution >= 4 is 0 Å². The summed E-state index contributed by atoms with van der Waals surface area (Å²) in [5.41, 5.74) is 3.97. The van der Waals surface area contributed by atoms with Crippen LogP contribution in [0.4, 0.5) is 0 Å². The Morgan fingerprint density at radius 1 is 1.26 bits per heavy atom. The minimum Gasteiger partial charge on any atom is -0.496 e. The second-order valence-corrected chi connectivity index (χ2v) is 6.08. The first kappa shape index (κ1) is 14.4. The number of methoxy groups -OCH3 is 1. The fraction of sp³-hybridized carbons (Fsp3) is 0.625. The number of hydrogen-bond acceptors (Lipinski definition) is 3. The molecule has 1 aliphatic rings. The van der Waals surface area contributed by atoms with E-state index in [9.17, 15) is 5.11 Å². The van der Waals surface area contributed by atoms with Gasteiger partial charge in [-0.25, -0.2) is 0 Å². The number of aryl methyl sites for hydroxylation is 2. The third-order valence-corrected chi connectivity index (χ3v) is 4.19. The lowest BCUT2D eigenvalue weighted by molar-refractivity contribution is 0.161. The highest BCUT2D eigenvalue weighted by Crippen LogP contribution is 2.45. The Balaban J connectivity index is 2.04. The van der Waals surface area contributed by atoms with Crippen molar-refractivity contribution in [3.05, 3.63) is 28.8 Å². The zero-order chi connectivity index (χ0) is 14.0. The summed E-state index contributed by atoms with van der Waals surface area (Å²) in [6.07, 6.45) is 2.32. The highest BCUT2D eigenvalue weighted by atomic mass is 16.5. The molecule has 1 aromatic rings. The summed E-state index contributed by atoms with van der Waals surface area (Å²) in [6, 6.07) is 4.32. The number of benzene rings is 1. The molecule has 3 heteroatoms. The Hall–Kier alpha value is -1.06. The van der Waals surface area contributed by atoms with Crippen LogP contribution in [-0.2, 0) is 6.54 Å². The monoisotopic (exact) mass is 263 g/mol. The molecule has 0 atom stereocenters. The fourth-order valence-electron chi connectivity index (χ4n) is 2.70. The van der Waals surface area contributed by atoms with Crippen LogP contribution in [0.15, 0.2) is 12.1 Å². The van der Waals surface area contributed by atoms with Gasteiger partial charge in [0.25, 0.3) is 0 Å². The van der Waals surface area contributed by atoms with Gasteiger partial charge in [-0.2, -0.15) is 0 Å². The third-order valence-electron chi connectivity index (χ3n) is 4.19. The van der Waals surface area contributed by atoms with Crippen LogP contribution < -0.4 is 4.74 Å². The van der Waals surface area contributed by atoms with Crippen LogP contribution in [0.5, 0.6) is 5.75 Å². The molecular weight excluding hydrogens is 238 g/mol. The number of rotatable bonds is 6. The van der Waals surface area contributed by atoms with Crippen LogP contribution in [0, 0.1) is 19.3 Å². The molecule has 1 saturated carbocycles. The van der Waals surface area contributed by atoms with Gasteiger partial charge in [0.05, 0.1) is 7.11 Å². The molecule has 2 rings (SSSR count). The predicted molar refractivity (Wildman–Crippen MR) is 77.6 cm³/mol. The molecule has 1 fully saturated rings. The summed E-state index contributed by atoms with van der Waals surface area (Å²) in [5, 5.41) is 9.40. The topological polar surface area (TPSA) is 32.7 Å². The van der Waals surface area contributed by atoms with E-state index in [0.717, 1.165) is 31.7 Å². The minimum atomic E-state index is 0.185. The van der Waals surface area contributed by atoms with E-state index in [0.29, 0.717) is 6.61 Å². The molecule has 0 radical (unpaired) electrons. The van der Waals surface area contributed by atoms with E-state index in [1.807, 2.05) is 0 Å². The average molecular weight is 263 g/mol. The number of nitrogens with zero attached hydrogens (tertiary/aromatic N) is 1. The maximum Gasteiger partial charge on any atom is 0.122 e. The van der Waals surface area contributed by atoms with Gasteiger partial charge < -0.3 is 14.7 Å². The van der Waals surface area contributed by atoms with E-state index in [4.69, 9.17) is 4.74 Å². The van der Waals surface area contributed by atoms with Crippen LogP contribution in [0.25, 0.3) is 0 Å². The Labute approximate surface area is 116 Å². The van der Waals surface area contributed by atoms with Crippen molar-refractivity contribution in [3.8, 4) is 5.75 Å². The third kappa shape index (κ3) is 3.28. The Kier molecular flexibility index (Phi) is 4.16. The summed E-state index contributed by atoms with van der Waals surface area (Å²) in [5.74, 6) is 0.956. The quantitative estimate of drug-likeness (QED) is 0.856. The van der Waals surface area contributed by atoms with Crippen LogP contribution in [0.2, 0.25) is 0 Å². The van der Waals surface area contributed by atoms with Crippen molar-refractivity contribution in [2.75, 3.05) is 27.3 Å². The van der Waals surface area contributed by atoms with E-state index < -0.39 is 0 Å². The molecule has 0 heterocycles. The second kappa shape index (κ2) is 5.51. The molecule has 0 aliphatic heterocycles. The zero-order valence-corrected chi connectivity index (χ0v) is 12.5. The van der Waals surface area contributed by atoms with Crippen molar-refractivity contribution in [1.82, 2.24) is 4.90 Å². The number of hydrogen-bond donors (Lipinski definition) is 1. The summed E-state index contributed by atoms with van der Waals surface area (Å²) in [6.45, 7) is 6.44. The lowest BCUT2D eigenvalue weighted by atomic mass is 10.0. The minimum absolute atomic E-state index is 0.185. The molecule has 0 aromatic heterocycles. The van der Waals surface area contributed by atoms with Crippen molar-refractivity contribution in [2.24, 2.45) is 5.41 Å². The first-order valence-corrected chi connectivity index (χ1v) is 6.93. The normalized spacial score (nSPS) is 16.7. The average Bonchev–Trinajstić information content (AvgIpc) is 3.13. The van der Waals surface area contributed by atoms with Gasteiger partial charge in [0.2, 0.25) is 0 Å². The summed E-state index contributed by atoms with van der Waals surface area (Å²) >= 11 is 0. The van der Waals surface area contributed by atoms with Gasteiger partial charge in [0.15, 0.2) is 0 Å². The van der Waals surface area contributed by atoms with Gasteiger partial charge in [-0.1, -0.05) is 6.07 Å². The summed E-state index contributed by atoms with van der Waals surface area (Å²) in [7, 11) is 3.85. The molecular formula is C16H25NO2. The molecule has 1 aliphatic carbocycles. The van der Waals surface area contributed by atoms with Crippen LogP contribution in [0.3, 0.4) is 0 Å². The van der Waals surface area contributed by atoms with E-state index >= 15 is 0 Å². The second-order valence-electron chi connectivity index (χ2n) is 6.08. The van der Waals surface area contributed by atoms with E-state index in [2.05, 4.69) is 37.9 Å². The molecule has 0 bridgehead atoms. The lowest BCUT2D eigenvalue weighted by Gasteiger charge is -2.23. The fourth-order valence-corrected chi connectivity index (χ4v) is 2.70. The first-order valence-electron chi connectivity index (χ1n) is 6.93. The van der Waals surface area contributed by atoms with E-state index in [1.165, 1.54) is 16.7 Å². The smallest absolute Gasteiger partial charge is 0.122 e. The number of ether oxygens (including phenoxy) is 1. The van der Waals surface area contributed by atoms with Crippen molar-refractivity contribution in [3.63, 3.8) is 0 Å². The molecule has 0 amide bonds. The maximum atomic E-state index is 9.40. The predicted octanol–water partition coefficient (Wildman–Crippen LogP) is 2.52. The molecule has 3 nitrogen and oxygen atoms in total. The van der Waals surface area contributed by atoms with Crippen molar-refractivity contribution in [1.29, 1.82) is 0 Å². The highest BCUT2D eigenvalue weighted by molar-refractivity contribution is 5.41. The lowest BCUT2D eigenvalue weighted by Crippen LogP contribution is -2.28. The number of aliphatic hydroxyl groups is 1. The maximum absolute atomic E-state index is 9.40. The van der Waals surface area contributed by atoms with Gasteiger partial charge in [-0.05, 0) is 56.5 Å². The zero-order valence-electron chi connectivity index (χ0n) is 12.5. The van der Waals surface area contributed by atoms with Crippen LogP contribution in [0.1, 0.15) is 29.5 Å². The Morgan fingerprint density at radius 2 is 1.95 bits per heavy atom. The summed E-state index contributed by atoms with van der Waals surface area (Å²) < 4.78 is 5.35. The molecule has 106 valence electrons. The van der Waals surface area contributed by atoms with Crippen LogP contribution in [-0.4, -0.2) is 37.3 Å². The molecule has 0 saturated heterocycles. The van der Waals surface area contributed by atoms with E-state index in [-0.39, 0.29) is 5.41 Å². The molecule has 0 spiro atoms. The van der Waals surface area contributed by atoms with Gasteiger partial charge in [-0.15, -0.1) is 0 Å². The summed E-state index contributed by atoms with van der Waals surface area (Å²) in [4.78, 5) is 2.32. The SMILES string of the molecule is COc1cc(C)c(CN(C)CC2(CO)CC2)cc1C. The molecule has 0 unspecified atom stereocenters. The molecule has 19 heavy (non-hydrogen) atoms. The Bertz CT molecular complexity index is 452. The first-order chi connectivity index (χ1) is 8.99. The largest absolute Gasteiger partial charge is 0.496 e. The van der Waals surface area contributed by atoms with E-state index in [1.54, 1.807) is 7.11 Å². The van der Waals surface area contributed by atoms with Gasteiger partial charge in [0, 0.05) is 25.1 Å². The number of aliphatic hydroxyl groups excluding tert-OH is 1. The van der Waals surface area contributed by atoms with Gasteiger partial charge in [0.1, 0.15) is 5.75 Å². The standard InChI is InChI=1S/C16H25NO2/c1-12-8-15(19-4)13(2)7-14(12)9-17(3)10-16(11-18)5-6-16/h7-8,18H,5-6,9-11H2,1-4H3. The Morgan fingerprint density at radius 3 is 2.47 bits per heavy atom.